The number of aromatic nitrogens is 2. The summed E-state index contributed by atoms with van der Waals surface area (Å²) in [6.45, 7) is 5.22. The first-order chi connectivity index (χ1) is 14.0. The van der Waals surface area contributed by atoms with Gasteiger partial charge < -0.3 is 15.0 Å². The minimum atomic E-state index is -0.262. The molecule has 6 nitrogen and oxygen atoms in total. The van der Waals surface area contributed by atoms with E-state index in [1.807, 2.05) is 6.92 Å². The van der Waals surface area contributed by atoms with Crippen molar-refractivity contribution in [3.63, 3.8) is 0 Å². The van der Waals surface area contributed by atoms with Gasteiger partial charge in [-0.2, -0.15) is 0 Å². The molecule has 1 aromatic heterocycles. The molecule has 152 valence electrons. The summed E-state index contributed by atoms with van der Waals surface area (Å²) in [5.74, 6) is 0.487. The maximum absolute atomic E-state index is 12.8. The van der Waals surface area contributed by atoms with Gasteiger partial charge in [0.25, 0.3) is 11.5 Å². The summed E-state index contributed by atoms with van der Waals surface area (Å²) in [5.41, 5.74) is 1.54. The van der Waals surface area contributed by atoms with Gasteiger partial charge in [-0.3, -0.25) is 14.2 Å². The lowest BCUT2D eigenvalue weighted by molar-refractivity contribution is 0.102. The zero-order valence-corrected chi connectivity index (χ0v) is 17.5. The lowest BCUT2D eigenvalue weighted by Gasteiger charge is -2.10. The summed E-state index contributed by atoms with van der Waals surface area (Å²) in [4.78, 5) is 28.5. The molecule has 0 bridgehead atoms. The van der Waals surface area contributed by atoms with Crippen LogP contribution in [0.5, 0.6) is 5.75 Å². The highest BCUT2D eigenvalue weighted by Gasteiger charge is 2.11. The van der Waals surface area contributed by atoms with Crippen molar-refractivity contribution in [3.8, 4) is 5.75 Å². The van der Waals surface area contributed by atoms with E-state index in [2.05, 4.69) is 17.2 Å². The third kappa shape index (κ3) is 4.92. The van der Waals surface area contributed by atoms with E-state index in [-0.39, 0.29) is 11.5 Å². The van der Waals surface area contributed by atoms with Crippen LogP contribution in [0.3, 0.4) is 0 Å². The molecule has 0 aliphatic rings. The van der Waals surface area contributed by atoms with Gasteiger partial charge in [0.05, 0.1) is 17.5 Å². The average Bonchev–Trinajstić information content (AvgIpc) is 2.71. The summed E-state index contributed by atoms with van der Waals surface area (Å²) < 4.78 is 7.37. The fourth-order valence-corrected chi connectivity index (χ4v) is 3.41. The maximum Gasteiger partial charge on any atom is 0.262 e. The number of anilines is 1. The Labute approximate surface area is 174 Å². The van der Waals surface area contributed by atoms with Crippen LogP contribution in [0.25, 0.3) is 10.9 Å². The molecule has 29 heavy (non-hydrogen) atoms. The van der Waals surface area contributed by atoms with E-state index in [1.165, 1.54) is 0 Å². The number of amides is 1. The number of H-pyrrole nitrogens is 1. The van der Waals surface area contributed by atoms with Gasteiger partial charge >= 0.3 is 0 Å². The summed E-state index contributed by atoms with van der Waals surface area (Å²) in [6, 6.07) is 12.2. The van der Waals surface area contributed by atoms with Crippen LogP contribution in [-0.2, 0) is 6.54 Å². The number of unbranched alkanes of at least 4 members (excludes halogenated alkanes) is 2. The Bertz CT molecular complexity index is 1120. The number of hydrogen-bond donors (Lipinski definition) is 2. The number of benzene rings is 2. The molecule has 0 spiro atoms. The average molecular weight is 412 g/mol. The monoisotopic (exact) mass is 411 g/mol. The van der Waals surface area contributed by atoms with Crippen LogP contribution in [0.4, 0.5) is 5.69 Å². The first-order valence-electron chi connectivity index (χ1n) is 9.84. The van der Waals surface area contributed by atoms with Crippen LogP contribution < -0.4 is 15.6 Å². The zero-order valence-electron chi connectivity index (χ0n) is 16.7. The lowest BCUT2D eigenvalue weighted by Crippen LogP contribution is -2.22. The molecule has 0 aliphatic heterocycles. The third-order valence-electron chi connectivity index (χ3n) is 4.65. The number of carbonyl (C=O) groups is 1. The highest BCUT2D eigenvalue weighted by atomic mass is 32.1. The summed E-state index contributed by atoms with van der Waals surface area (Å²) in [6.07, 6.45) is 3.03. The van der Waals surface area contributed by atoms with Gasteiger partial charge in [0, 0.05) is 17.8 Å². The SMILES string of the molecule is CCCCCn1c(=S)[nH]c2cc(C(=O)Nc3ccc(OCC)cc3)ccc2c1=O. The largest absolute Gasteiger partial charge is 0.494 e. The number of fused-ring (bicyclic) bond motifs is 1. The van der Waals surface area contributed by atoms with Gasteiger partial charge in [-0.15, -0.1) is 0 Å². The molecule has 2 N–H and O–H groups in total. The Morgan fingerprint density at radius 1 is 1.14 bits per heavy atom. The molecule has 0 saturated heterocycles. The highest BCUT2D eigenvalue weighted by Crippen LogP contribution is 2.17. The fourth-order valence-electron chi connectivity index (χ4n) is 3.12. The fraction of sp³-hybridized carbons (Fsp3) is 0.318. The molecule has 3 aromatic rings. The van der Waals surface area contributed by atoms with Crippen molar-refractivity contribution in [1.29, 1.82) is 0 Å². The summed E-state index contributed by atoms with van der Waals surface area (Å²) >= 11 is 5.36. The van der Waals surface area contributed by atoms with Crippen LogP contribution >= 0.6 is 12.2 Å². The first-order valence-corrected chi connectivity index (χ1v) is 10.3. The van der Waals surface area contributed by atoms with Gasteiger partial charge in [-0.05, 0) is 68.0 Å². The number of ether oxygens (including phenoxy) is 1. The molecule has 0 saturated carbocycles. The maximum atomic E-state index is 12.8. The van der Waals surface area contributed by atoms with Crippen molar-refractivity contribution in [2.75, 3.05) is 11.9 Å². The molecule has 1 amide bonds. The van der Waals surface area contributed by atoms with Crippen LogP contribution in [0.2, 0.25) is 0 Å². The second-order valence-electron chi connectivity index (χ2n) is 6.77. The van der Waals surface area contributed by atoms with Crippen LogP contribution in [0, 0.1) is 4.77 Å². The minimum Gasteiger partial charge on any atom is -0.494 e. The number of nitrogens with zero attached hydrogens (tertiary/aromatic N) is 1. The zero-order chi connectivity index (χ0) is 20.8. The second kappa shape index (κ2) is 9.52. The molecule has 0 atom stereocenters. The molecule has 0 aliphatic carbocycles. The number of aromatic amines is 1. The molecule has 0 fully saturated rings. The molecule has 2 aromatic carbocycles. The van der Waals surface area contributed by atoms with Crippen molar-refractivity contribution in [2.45, 2.75) is 39.7 Å². The van der Waals surface area contributed by atoms with E-state index in [1.54, 1.807) is 47.0 Å². The molecule has 1 heterocycles. The molecule has 0 radical (unpaired) electrons. The Morgan fingerprint density at radius 3 is 2.59 bits per heavy atom. The van der Waals surface area contributed by atoms with Gasteiger partial charge in [0.2, 0.25) is 0 Å². The summed E-state index contributed by atoms with van der Waals surface area (Å²) in [7, 11) is 0. The van der Waals surface area contributed by atoms with Gasteiger partial charge in [-0.1, -0.05) is 19.8 Å². The van der Waals surface area contributed by atoms with Crippen LogP contribution in [-0.4, -0.2) is 22.1 Å². The lowest BCUT2D eigenvalue weighted by atomic mass is 10.1. The van der Waals surface area contributed by atoms with Crippen molar-refractivity contribution in [1.82, 2.24) is 9.55 Å². The molecule has 7 heteroatoms. The normalized spacial score (nSPS) is 10.8. The van der Waals surface area contributed by atoms with Gasteiger partial charge in [0.15, 0.2) is 4.77 Å². The standard InChI is InChI=1S/C22H25N3O3S/c1-3-5-6-13-25-21(27)18-12-7-15(14-19(18)24-22(25)29)20(26)23-16-8-10-17(11-9-16)28-4-2/h7-12,14H,3-6,13H2,1-2H3,(H,23,26)(H,24,29). The third-order valence-corrected chi connectivity index (χ3v) is 4.97. The minimum absolute atomic E-state index is 0.127. The molecule has 3 rings (SSSR count). The Morgan fingerprint density at radius 2 is 1.90 bits per heavy atom. The van der Waals surface area contributed by atoms with Crippen molar-refractivity contribution in [2.24, 2.45) is 0 Å². The summed E-state index contributed by atoms with van der Waals surface area (Å²) in [5, 5.41) is 3.37. The van der Waals surface area contributed by atoms with E-state index in [0.29, 0.717) is 40.1 Å². The first kappa shape index (κ1) is 20.8. The predicted octanol–water partition coefficient (Wildman–Crippen LogP) is 4.90. The van der Waals surface area contributed by atoms with E-state index in [4.69, 9.17) is 17.0 Å². The smallest absolute Gasteiger partial charge is 0.262 e. The number of carbonyl (C=O) groups excluding carboxylic acids is 1. The molecule has 0 unspecified atom stereocenters. The van der Waals surface area contributed by atoms with Crippen LogP contribution in [0.15, 0.2) is 47.3 Å². The van der Waals surface area contributed by atoms with E-state index in [9.17, 15) is 9.59 Å². The Kier molecular flexibility index (Phi) is 6.82. The van der Waals surface area contributed by atoms with Crippen LogP contribution in [0.1, 0.15) is 43.5 Å². The van der Waals surface area contributed by atoms with Crippen molar-refractivity contribution < 1.29 is 9.53 Å². The quantitative estimate of drug-likeness (QED) is 0.408. The number of nitrogens with one attached hydrogen (secondary N) is 2. The van der Waals surface area contributed by atoms with E-state index >= 15 is 0 Å². The number of rotatable bonds is 8. The molecular formula is C22H25N3O3S. The topological polar surface area (TPSA) is 76.1 Å². The van der Waals surface area contributed by atoms with Gasteiger partial charge in [0.1, 0.15) is 5.75 Å². The Hall–Kier alpha value is -2.93. The van der Waals surface area contributed by atoms with Gasteiger partial charge in [-0.25, -0.2) is 0 Å². The second-order valence-corrected chi connectivity index (χ2v) is 7.15. The van der Waals surface area contributed by atoms with Crippen molar-refractivity contribution >= 4 is 34.7 Å². The highest BCUT2D eigenvalue weighted by molar-refractivity contribution is 7.71. The van der Waals surface area contributed by atoms with E-state index in [0.717, 1.165) is 25.0 Å². The number of hydrogen-bond acceptors (Lipinski definition) is 4. The predicted molar refractivity (Wildman–Crippen MR) is 118 cm³/mol. The Balaban J connectivity index is 1.83. The molecular weight excluding hydrogens is 386 g/mol. The van der Waals surface area contributed by atoms with Crippen molar-refractivity contribution in [3.05, 3.63) is 63.2 Å². The van der Waals surface area contributed by atoms with E-state index < -0.39 is 0 Å².